The van der Waals surface area contributed by atoms with Gasteiger partial charge in [0.15, 0.2) is 11.5 Å². The molecule has 1 fully saturated rings. The summed E-state index contributed by atoms with van der Waals surface area (Å²) in [6, 6.07) is 3.22. The van der Waals surface area contributed by atoms with Gasteiger partial charge in [0, 0.05) is 12.1 Å². The molecule has 2 N–H and O–H groups in total. The zero-order valence-corrected chi connectivity index (χ0v) is 11.1. The van der Waals surface area contributed by atoms with Crippen molar-refractivity contribution < 1.29 is 14.3 Å². The van der Waals surface area contributed by atoms with E-state index in [1.165, 1.54) is 0 Å². The molecule has 0 spiro atoms. The lowest BCUT2D eigenvalue weighted by molar-refractivity contribution is -0.118. The second-order valence-corrected chi connectivity index (χ2v) is 5.08. The number of carbonyl (C=O) groups excluding carboxylic acids is 1. The second kappa shape index (κ2) is 5.27. The molecule has 1 unspecified atom stereocenters. The molecule has 0 radical (unpaired) electrons. The Bertz CT molecular complexity index is 501. The van der Waals surface area contributed by atoms with Gasteiger partial charge >= 0.3 is 0 Å². The Kier molecular flexibility index (Phi) is 3.48. The van der Waals surface area contributed by atoms with Crippen LogP contribution >= 0.6 is 11.6 Å². The van der Waals surface area contributed by atoms with Crippen LogP contribution in [0.5, 0.6) is 11.5 Å². The van der Waals surface area contributed by atoms with Crippen molar-refractivity contribution in [1.82, 2.24) is 5.32 Å². The summed E-state index contributed by atoms with van der Waals surface area (Å²) in [6.45, 7) is 1.07. The summed E-state index contributed by atoms with van der Waals surface area (Å²) in [5, 5.41) is 6.49. The third-order valence-corrected chi connectivity index (χ3v) is 3.66. The van der Waals surface area contributed by atoms with Crippen LogP contribution in [0.2, 0.25) is 5.02 Å². The number of amides is 1. The molecule has 102 valence electrons. The molecule has 1 atom stereocenters. The van der Waals surface area contributed by atoms with Gasteiger partial charge in [0.2, 0.25) is 12.7 Å². The number of carbonyl (C=O) groups is 1. The highest BCUT2D eigenvalue weighted by molar-refractivity contribution is 6.34. The zero-order valence-electron chi connectivity index (χ0n) is 10.4. The van der Waals surface area contributed by atoms with E-state index in [2.05, 4.69) is 10.6 Å². The van der Waals surface area contributed by atoms with E-state index < -0.39 is 0 Å². The number of anilines is 1. The van der Waals surface area contributed by atoms with Crippen molar-refractivity contribution >= 4 is 23.2 Å². The average molecular weight is 283 g/mol. The maximum Gasteiger partial charge on any atom is 0.241 e. The maximum atomic E-state index is 12.1. The fourth-order valence-corrected chi connectivity index (χ4v) is 2.51. The number of hydrogen-bond acceptors (Lipinski definition) is 4. The molecule has 1 amide bonds. The Morgan fingerprint density at radius 3 is 2.84 bits per heavy atom. The predicted molar refractivity (Wildman–Crippen MR) is 71.8 cm³/mol. The molecular formula is C13H15ClN2O3. The summed E-state index contributed by atoms with van der Waals surface area (Å²) in [5.74, 6) is 1.16. The first kappa shape index (κ1) is 12.6. The fraction of sp³-hybridized carbons (Fsp3) is 0.462. The van der Waals surface area contributed by atoms with Gasteiger partial charge in [0.05, 0.1) is 16.8 Å². The standard InChI is InChI=1S/C13H15ClN2O3/c14-8-5-11-12(19-7-18-11)6-10(8)16-13(17)9-3-1-2-4-15-9/h5-6,9,15H,1-4,7H2,(H,16,17). The Labute approximate surface area is 116 Å². The number of halogens is 1. The fourth-order valence-electron chi connectivity index (χ4n) is 2.31. The molecule has 19 heavy (non-hydrogen) atoms. The molecule has 0 aromatic heterocycles. The normalized spacial score (nSPS) is 21.2. The summed E-state index contributed by atoms with van der Waals surface area (Å²) in [5.41, 5.74) is 0.559. The van der Waals surface area contributed by atoms with E-state index in [1.807, 2.05) is 0 Å². The van der Waals surface area contributed by atoms with Gasteiger partial charge in [-0.2, -0.15) is 0 Å². The Balaban J connectivity index is 1.74. The molecule has 2 heterocycles. The van der Waals surface area contributed by atoms with Gasteiger partial charge in [0.1, 0.15) is 0 Å². The van der Waals surface area contributed by atoms with Crippen LogP contribution in [0.25, 0.3) is 0 Å². The highest BCUT2D eigenvalue weighted by Gasteiger charge is 2.23. The van der Waals surface area contributed by atoms with Crippen LogP contribution in [0.3, 0.4) is 0 Å². The number of ether oxygens (including phenoxy) is 2. The van der Waals surface area contributed by atoms with Crippen molar-refractivity contribution in [3.8, 4) is 11.5 Å². The Morgan fingerprint density at radius 1 is 1.32 bits per heavy atom. The molecule has 0 bridgehead atoms. The van der Waals surface area contributed by atoms with Crippen molar-refractivity contribution in [2.45, 2.75) is 25.3 Å². The van der Waals surface area contributed by atoms with E-state index in [4.69, 9.17) is 21.1 Å². The van der Waals surface area contributed by atoms with Gasteiger partial charge < -0.3 is 20.1 Å². The van der Waals surface area contributed by atoms with Gasteiger partial charge in [-0.15, -0.1) is 0 Å². The summed E-state index contributed by atoms with van der Waals surface area (Å²) in [4.78, 5) is 12.1. The highest BCUT2D eigenvalue weighted by Crippen LogP contribution is 2.39. The van der Waals surface area contributed by atoms with Crippen molar-refractivity contribution in [2.24, 2.45) is 0 Å². The smallest absolute Gasteiger partial charge is 0.241 e. The SMILES string of the molecule is O=C(Nc1cc2c(cc1Cl)OCO2)C1CCCCN1. The minimum Gasteiger partial charge on any atom is -0.454 e. The van der Waals surface area contributed by atoms with E-state index in [1.54, 1.807) is 12.1 Å². The number of nitrogens with one attached hydrogen (secondary N) is 2. The number of rotatable bonds is 2. The zero-order chi connectivity index (χ0) is 13.2. The second-order valence-electron chi connectivity index (χ2n) is 4.68. The molecule has 6 heteroatoms. The molecule has 1 aromatic carbocycles. The lowest BCUT2D eigenvalue weighted by Gasteiger charge is -2.22. The van der Waals surface area contributed by atoms with Crippen molar-refractivity contribution in [2.75, 3.05) is 18.7 Å². The molecule has 3 rings (SSSR count). The van der Waals surface area contributed by atoms with Crippen molar-refractivity contribution in [3.05, 3.63) is 17.2 Å². The monoisotopic (exact) mass is 282 g/mol. The topological polar surface area (TPSA) is 59.6 Å². The first-order valence-corrected chi connectivity index (χ1v) is 6.75. The molecule has 5 nitrogen and oxygen atoms in total. The van der Waals surface area contributed by atoms with Crippen LogP contribution < -0.4 is 20.1 Å². The molecule has 0 saturated carbocycles. The molecule has 2 aliphatic rings. The molecule has 0 aliphatic carbocycles. The third-order valence-electron chi connectivity index (χ3n) is 3.35. The minimum atomic E-state index is -0.143. The molecule has 1 aromatic rings. The quantitative estimate of drug-likeness (QED) is 0.873. The summed E-state index contributed by atoms with van der Waals surface area (Å²) in [7, 11) is 0. The largest absolute Gasteiger partial charge is 0.454 e. The lowest BCUT2D eigenvalue weighted by atomic mass is 10.0. The van der Waals surface area contributed by atoms with E-state index >= 15 is 0 Å². The van der Waals surface area contributed by atoms with Crippen LogP contribution in [0.1, 0.15) is 19.3 Å². The minimum absolute atomic E-state index is 0.0551. The van der Waals surface area contributed by atoms with Crippen LogP contribution in [0.4, 0.5) is 5.69 Å². The first-order valence-electron chi connectivity index (χ1n) is 6.37. The van der Waals surface area contributed by atoms with E-state index in [-0.39, 0.29) is 18.7 Å². The number of benzene rings is 1. The molecule has 1 saturated heterocycles. The van der Waals surface area contributed by atoms with Gasteiger partial charge in [-0.1, -0.05) is 18.0 Å². The van der Waals surface area contributed by atoms with Gasteiger partial charge in [-0.05, 0) is 19.4 Å². The summed E-state index contributed by atoms with van der Waals surface area (Å²) >= 11 is 6.12. The first-order chi connectivity index (χ1) is 9.24. The number of fused-ring (bicyclic) bond motifs is 1. The maximum absolute atomic E-state index is 12.1. The van der Waals surface area contributed by atoms with Crippen LogP contribution in [0.15, 0.2) is 12.1 Å². The van der Waals surface area contributed by atoms with Gasteiger partial charge in [0.25, 0.3) is 0 Å². The summed E-state index contributed by atoms with van der Waals surface area (Å²) in [6.07, 6.45) is 3.04. The summed E-state index contributed by atoms with van der Waals surface area (Å²) < 4.78 is 10.5. The lowest BCUT2D eigenvalue weighted by Crippen LogP contribution is -2.43. The van der Waals surface area contributed by atoms with Crippen LogP contribution in [-0.4, -0.2) is 25.3 Å². The highest BCUT2D eigenvalue weighted by atomic mass is 35.5. The predicted octanol–water partition coefficient (Wildman–Crippen LogP) is 2.15. The Morgan fingerprint density at radius 2 is 2.11 bits per heavy atom. The molecular weight excluding hydrogens is 268 g/mol. The Hall–Kier alpha value is -1.46. The van der Waals surface area contributed by atoms with Gasteiger partial charge in [-0.3, -0.25) is 4.79 Å². The average Bonchev–Trinajstić information content (AvgIpc) is 2.87. The van der Waals surface area contributed by atoms with Gasteiger partial charge in [-0.25, -0.2) is 0 Å². The van der Waals surface area contributed by atoms with E-state index in [0.717, 1.165) is 25.8 Å². The van der Waals surface area contributed by atoms with Crippen molar-refractivity contribution in [3.63, 3.8) is 0 Å². The van der Waals surface area contributed by atoms with E-state index in [9.17, 15) is 4.79 Å². The molecule has 2 aliphatic heterocycles. The van der Waals surface area contributed by atoms with Crippen molar-refractivity contribution in [1.29, 1.82) is 0 Å². The number of hydrogen-bond donors (Lipinski definition) is 2. The van der Waals surface area contributed by atoms with E-state index in [0.29, 0.717) is 22.2 Å². The van der Waals surface area contributed by atoms with Crippen LogP contribution in [-0.2, 0) is 4.79 Å². The third kappa shape index (κ3) is 2.62. The number of piperidine rings is 1. The van der Waals surface area contributed by atoms with Crippen LogP contribution in [0, 0.1) is 0 Å².